The van der Waals surface area contributed by atoms with Crippen LogP contribution >= 0.6 is 12.2 Å². The molecule has 1 fully saturated rings. The molecule has 1 amide bonds. The molecule has 0 bridgehead atoms. The number of rotatable bonds is 10. The molecule has 0 aliphatic carbocycles. The maximum absolute atomic E-state index is 14.4. The maximum atomic E-state index is 14.4. The number of amides is 1. The lowest BCUT2D eigenvalue weighted by Gasteiger charge is -2.37. The second-order valence-electron chi connectivity index (χ2n) is 10.8. The van der Waals surface area contributed by atoms with Gasteiger partial charge in [-0.15, -0.1) is 0 Å². The fourth-order valence-electron chi connectivity index (χ4n) is 5.11. The first-order chi connectivity index (χ1) is 21.1. The van der Waals surface area contributed by atoms with Gasteiger partial charge in [-0.3, -0.25) is 9.69 Å². The molecule has 4 rings (SSSR count). The highest BCUT2D eigenvalue weighted by molar-refractivity contribution is 7.89. The number of ether oxygens (including phenoxy) is 2. The molecule has 0 radical (unpaired) electrons. The minimum absolute atomic E-state index is 0.0358. The Morgan fingerprint density at radius 1 is 0.956 bits per heavy atom. The predicted molar refractivity (Wildman–Crippen MR) is 166 cm³/mol. The molecule has 1 unspecified atom stereocenters. The van der Waals surface area contributed by atoms with Gasteiger partial charge in [0.05, 0.1) is 37.1 Å². The fraction of sp³-hybridized carbons (Fsp3) is 0.323. The summed E-state index contributed by atoms with van der Waals surface area (Å²) in [6.45, 7) is 4.23. The summed E-state index contributed by atoms with van der Waals surface area (Å²) in [6.07, 6.45) is -4.87. The number of sulfonamides is 1. The van der Waals surface area contributed by atoms with Crippen molar-refractivity contribution in [3.63, 3.8) is 0 Å². The van der Waals surface area contributed by atoms with Crippen molar-refractivity contribution in [2.24, 2.45) is 0 Å². The molecule has 14 heteroatoms. The molecule has 238 valence electrons. The van der Waals surface area contributed by atoms with Crippen LogP contribution in [0.5, 0.6) is 11.5 Å². The van der Waals surface area contributed by atoms with Crippen molar-refractivity contribution < 1.29 is 35.9 Å². The number of halogens is 3. The summed E-state index contributed by atoms with van der Waals surface area (Å²) in [6, 6.07) is 18.1. The molecule has 3 aromatic carbocycles. The van der Waals surface area contributed by atoms with Gasteiger partial charge in [-0.2, -0.15) is 22.7 Å². The minimum Gasteiger partial charge on any atom is -0.497 e. The molecule has 0 spiro atoms. The Morgan fingerprint density at radius 2 is 1.44 bits per heavy atom. The van der Waals surface area contributed by atoms with Gasteiger partial charge in [0.2, 0.25) is 10.0 Å². The Bertz CT molecular complexity index is 1690. The predicted octanol–water partition coefficient (Wildman–Crippen LogP) is 5.68. The summed E-state index contributed by atoms with van der Waals surface area (Å²) >= 11 is 5.59. The molecular weight excluding hydrogens is 629 g/mol. The number of nitriles is 1. The Balaban J connectivity index is 1.74. The summed E-state index contributed by atoms with van der Waals surface area (Å²) in [5.74, 6) is 0.469. The van der Waals surface area contributed by atoms with Gasteiger partial charge in [0, 0.05) is 13.1 Å². The van der Waals surface area contributed by atoms with E-state index in [1.54, 1.807) is 48.5 Å². The molecular formula is C31H31F3N4O5S2. The van der Waals surface area contributed by atoms with Crippen LogP contribution in [0.25, 0.3) is 0 Å². The van der Waals surface area contributed by atoms with E-state index < -0.39 is 44.1 Å². The molecule has 1 aliphatic heterocycles. The lowest BCUT2D eigenvalue weighted by Crippen LogP contribution is -2.54. The molecule has 0 aromatic heterocycles. The molecule has 1 saturated heterocycles. The zero-order valence-corrected chi connectivity index (χ0v) is 26.8. The Hall–Kier alpha value is -4.19. The van der Waals surface area contributed by atoms with E-state index in [9.17, 15) is 31.6 Å². The highest BCUT2D eigenvalue weighted by atomic mass is 32.2. The third-order valence-corrected chi connectivity index (χ3v) is 10.0. The normalized spacial score (nSPS) is 15.7. The lowest BCUT2D eigenvalue weighted by atomic mass is 10.0. The van der Waals surface area contributed by atoms with Crippen LogP contribution in [-0.4, -0.2) is 53.8 Å². The summed E-state index contributed by atoms with van der Waals surface area (Å²) in [5.41, 5.74) is -2.31. The fourth-order valence-corrected chi connectivity index (χ4v) is 7.47. The number of carbonyl (C=O) groups excluding carboxylic acids is 1. The monoisotopic (exact) mass is 660 g/mol. The standard InChI is InChI=1S/C31H31F3N4O5S2/c1-20(38-29(44)37(28(39)30(38,2)3)24-11-10-23(17-35)27(16-24)31(32,33)34)45(40,41)36(18-21-6-12-25(42-4)13-7-21)19-22-8-14-26(43-5)15-9-22/h6-16,20H,18-19H2,1-5H3. The first kappa shape index (κ1) is 33.7. The van der Waals surface area contributed by atoms with Crippen molar-refractivity contribution >= 4 is 38.9 Å². The van der Waals surface area contributed by atoms with Crippen LogP contribution in [0.1, 0.15) is 43.0 Å². The van der Waals surface area contributed by atoms with Gasteiger partial charge in [0.25, 0.3) is 5.91 Å². The van der Waals surface area contributed by atoms with Crippen LogP contribution in [0.4, 0.5) is 18.9 Å². The van der Waals surface area contributed by atoms with E-state index in [0.717, 1.165) is 11.0 Å². The highest BCUT2D eigenvalue weighted by Crippen LogP contribution is 2.39. The molecule has 1 aliphatic rings. The average Bonchev–Trinajstić information content (AvgIpc) is 3.18. The van der Waals surface area contributed by atoms with Crippen molar-refractivity contribution in [1.29, 1.82) is 5.26 Å². The lowest BCUT2D eigenvalue weighted by molar-refractivity contribution is -0.137. The summed E-state index contributed by atoms with van der Waals surface area (Å²) < 4.78 is 81.7. The summed E-state index contributed by atoms with van der Waals surface area (Å²) in [7, 11) is -1.24. The molecule has 1 atom stereocenters. The smallest absolute Gasteiger partial charge is 0.417 e. The highest BCUT2D eigenvalue weighted by Gasteiger charge is 2.54. The number of hydrogen-bond donors (Lipinski definition) is 0. The average molecular weight is 661 g/mol. The number of alkyl halides is 3. The van der Waals surface area contributed by atoms with Crippen molar-refractivity contribution in [3.05, 3.63) is 89.0 Å². The minimum atomic E-state index is -4.87. The van der Waals surface area contributed by atoms with E-state index in [0.29, 0.717) is 28.7 Å². The number of benzene rings is 3. The van der Waals surface area contributed by atoms with Gasteiger partial charge in [-0.05, 0) is 86.6 Å². The molecule has 0 N–H and O–H groups in total. The van der Waals surface area contributed by atoms with E-state index in [1.165, 1.54) is 56.3 Å². The number of anilines is 1. The van der Waals surface area contributed by atoms with E-state index in [-0.39, 0.29) is 23.9 Å². The summed E-state index contributed by atoms with van der Waals surface area (Å²) in [5, 5.41) is 7.50. The molecule has 0 saturated carbocycles. The third kappa shape index (κ3) is 6.61. The SMILES string of the molecule is COc1ccc(CN(Cc2ccc(OC)cc2)S(=O)(=O)C(C)N2C(=S)N(c3ccc(C#N)c(C(F)(F)F)c3)C(=O)C2(C)C)cc1. The molecule has 45 heavy (non-hydrogen) atoms. The molecule has 9 nitrogen and oxygen atoms in total. The number of thiocarbonyl (C=S) groups is 1. The van der Waals surface area contributed by atoms with Crippen LogP contribution in [0.3, 0.4) is 0 Å². The third-order valence-electron chi connectivity index (χ3n) is 7.60. The van der Waals surface area contributed by atoms with Crippen LogP contribution in [0, 0.1) is 11.3 Å². The van der Waals surface area contributed by atoms with E-state index in [2.05, 4.69) is 0 Å². The van der Waals surface area contributed by atoms with Gasteiger partial charge in [0.1, 0.15) is 22.4 Å². The zero-order chi connectivity index (χ0) is 33.3. The van der Waals surface area contributed by atoms with Gasteiger partial charge < -0.3 is 14.4 Å². The largest absolute Gasteiger partial charge is 0.497 e. The van der Waals surface area contributed by atoms with Crippen molar-refractivity contribution in [2.45, 2.75) is 50.9 Å². The van der Waals surface area contributed by atoms with Crippen molar-refractivity contribution in [1.82, 2.24) is 9.21 Å². The van der Waals surface area contributed by atoms with Crippen molar-refractivity contribution in [3.8, 4) is 17.6 Å². The topological polar surface area (TPSA) is 103 Å². The Kier molecular flexibility index (Phi) is 9.48. The Morgan fingerprint density at radius 3 is 1.87 bits per heavy atom. The van der Waals surface area contributed by atoms with Crippen LogP contribution < -0.4 is 14.4 Å². The number of methoxy groups -OCH3 is 2. The number of hydrogen-bond acceptors (Lipinski definition) is 7. The quantitative estimate of drug-likeness (QED) is 0.256. The van der Waals surface area contributed by atoms with Gasteiger partial charge >= 0.3 is 6.18 Å². The first-order valence-electron chi connectivity index (χ1n) is 13.6. The number of carbonyl (C=O) groups is 1. The van der Waals surface area contributed by atoms with E-state index in [4.69, 9.17) is 21.7 Å². The van der Waals surface area contributed by atoms with Gasteiger partial charge in [-0.25, -0.2) is 8.42 Å². The maximum Gasteiger partial charge on any atom is 0.417 e. The molecule has 1 heterocycles. The second-order valence-corrected chi connectivity index (χ2v) is 13.4. The molecule has 3 aromatic rings. The van der Waals surface area contributed by atoms with Crippen LogP contribution in [0.2, 0.25) is 0 Å². The van der Waals surface area contributed by atoms with Crippen LogP contribution in [-0.2, 0) is 34.1 Å². The first-order valence-corrected chi connectivity index (χ1v) is 15.5. The zero-order valence-electron chi connectivity index (χ0n) is 25.1. The van der Waals surface area contributed by atoms with Gasteiger partial charge in [0.15, 0.2) is 5.11 Å². The van der Waals surface area contributed by atoms with Crippen molar-refractivity contribution in [2.75, 3.05) is 19.1 Å². The van der Waals surface area contributed by atoms with Crippen LogP contribution in [0.15, 0.2) is 66.7 Å². The van der Waals surface area contributed by atoms with E-state index in [1.807, 2.05) is 0 Å². The van der Waals surface area contributed by atoms with E-state index >= 15 is 0 Å². The summed E-state index contributed by atoms with van der Waals surface area (Å²) in [4.78, 5) is 15.8. The van der Waals surface area contributed by atoms with Gasteiger partial charge in [-0.1, -0.05) is 24.3 Å². The second kappa shape index (κ2) is 12.7. The number of nitrogens with zero attached hydrogens (tertiary/aromatic N) is 4. The Labute approximate surface area is 265 Å².